The summed E-state index contributed by atoms with van der Waals surface area (Å²) in [7, 11) is 1.45. The van der Waals surface area contributed by atoms with Gasteiger partial charge in [0.05, 0.1) is 4.92 Å². The van der Waals surface area contributed by atoms with E-state index in [1.54, 1.807) is 0 Å². The van der Waals surface area contributed by atoms with Crippen molar-refractivity contribution in [2.75, 3.05) is 20.2 Å². The van der Waals surface area contributed by atoms with Crippen molar-refractivity contribution in [3.63, 3.8) is 0 Å². The fourth-order valence-electron chi connectivity index (χ4n) is 1.24. The summed E-state index contributed by atoms with van der Waals surface area (Å²) in [6.45, 7) is 0.439. The van der Waals surface area contributed by atoms with Crippen LogP contribution < -0.4 is 15.8 Å². The van der Waals surface area contributed by atoms with Gasteiger partial charge in [-0.05, 0) is 12.1 Å². The van der Waals surface area contributed by atoms with E-state index in [0.717, 1.165) is 0 Å². The lowest BCUT2D eigenvalue weighted by molar-refractivity contribution is -0.385. The van der Waals surface area contributed by atoms with Gasteiger partial charge in [0.2, 0.25) is 0 Å². The minimum atomic E-state index is -0.599. The van der Waals surface area contributed by atoms with E-state index in [2.05, 4.69) is 5.32 Å². The number of nitrogens with two attached hydrogens (primary N) is 1. The van der Waals surface area contributed by atoms with Gasteiger partial charge in [-0.25, -0.2) is 0 Å². The zero-order valence-electron chi connectivity index (χ0n) is 9.30. The molecule has 7 nitrogen and oxygen atoms in total. The van der Waals surface area contributed by atoms with Gasteiger partial charge >= 0.3 is 5.69 Å². The summed E-state index contributed by atoms with van der Waals surface area (Å²) in [6.07, 6.45) is 0. The third kappa shape index (κ3) is 3.15. The van der Waals surface area contributed by atoms with Crippen LogP contribution in [0.3, 0.4) is 0 Å². The Balaban J connectivity index is 3.08. The lowest BCUT2D eigenvalue weighted by Gasteiger charge is -2.06. The van der Waals surface area contributed by atoms with Crippen molar-refractivity contribution in [3.8, 4) is 5.75 Å². The highest BCUT2D eigenvalue weighted by Gasteiger charge is 2.18. The monoisotopic (exact) mass is 239 g/mol. The van der Waals surface area contributed by atoms with Crippen LogP contribution in [0.25, 0.3) is 0 Å². The highest BCUT2D eigenvalue weighted by molar-refractivity contribution is 5.94. The molecule has 3 N–H and O–H groups in total. The standard InChI is InChI=1S/C10H13N3O4/c1-12-10(14)7-2-3-9(17-5-4-11)8(6-7)13(15)16/h2-3,6H,4-5,11H2,1H3,(H,12,14). The van der Waals surface area contributed by atoms with E-state index in [9.17, 15) is 14.9 Å². The number of ether oxygens (including phenoxy) is 1. The van der Waals surface area contributed by atoms with Crippen molar-refractivity contribution in [2.24, 2.45) is 5.73 Å². The summed E-state index contributed by atoms with van der Waals surface area (Å²) in [4.78, 5) is 21.5. The molecule has 0 aliphatic carbocycles. The first-order valence-electron chi connectivity index (χ1n) is 4.93. The van der Waals surface area contributed by atoms with E-state index >= 15 is 0 Å². The first kappa shape index (κ1) is 12.9. The number of benzene rings is 1. The quantitative estimate of drug-likeness (QED) is 0.567. The van der Waals surface area contributed by atoms with Gasteiger partial charge < -0.3 is 15.8 Å². The molecule has 0 atom stereocenters. The first-order chi connectivity index (χ1) is 8.10. The molecule has 1 aromatic carbocycles. The summed E-state index contributed by atoms with van der Waals surface area (Å²) < 4.78 is 5.12. The molecular formula is C10H13N3O4. The van der Waals surface area contributed by atoms with Crippen LogP contribution in [0.4, 0.5) is 5.69 Å². The molecule has 0 radical (unpaired) electrons. The largest absolute Gasteiger partial charge is 0.485 e. The number of amides is 1. The number of rotatable bonds is 5. The van der Waals surface area contributed by atoms with Crippen LogP contribution in [-0.2, 0) is 0 Å². The van der Waals surface area contributed by atoms with Crippen LogP contribution in [-0.4, -0.2) is 31.0 Å². The van der Waals surface area contributed by atoms with Gasteiger partial charge in [0.15, 0.2) is 5.75 Å². The molecule has 17 heavy (non-hydrogen) atoms. The highest BCUT2D eigenvalue weighted by Crippen LogP contribution is 2.27. The smallest absolute Gasteiger partial charge is 0.311 e. The lowest BCUT2D eigenvalue weighted by atomic mass is 10.2. The lowest BCUT2D eigenvalue weighted by Crippen LogP contribution is -2.18. The van der Waals surface area contributed by atoms with Gasteiger partial charge in [-0.3, -0.25) is 14.9 Å². The van der Waals surface area contributed by atoms with E-state index < -0.39 is 10.8 Å². The second kappa shape index (κ2) is 5.80. The fourth-order valence-corrected chi connectivity index (χ4v) is 1.24. The Hall–Kier alpha value is -2.15. The number of nitro benzene ring substituents is 1. The van der Waals surface area contributed by atoms with Crippen molar-refractivity contribution < 1.29 is 14.5 Å². The summed E-state index contributed by atoms with van der Waals surface area (Å²) in [6, 6.07) is 4.01. The zero-order chi connectivity index (χ0) is 12.8. The predicted molar refractivity (Wildman–Crippen MR) is 61.0 cm³/mol. The summed E-state index contributed by atoms with van der Waals surface area (Å²) in [5.74, 6) is -0.286. The van der Waals surface area contributed by atoms with E-state index in [0.29, 0.717) is 0 Å². The maximum absolute atomic E-state index is 11.3. The molecule has 0 aliphatic heterocycles. The average Bonchev–Trinajstić information content (AvgIpc) is 2.35. The number of hydrogen-bond acceptors (Lipinski definition) is 5. The van der Waals surface area contributed by atoms with Gasteiger partial charge in [-0.2, -0.15) is 0 Å². The van der Waals surface area contributed by atoms with Gasteiger partial charge in [0.1, 0.15) is 6.61 Å². The number of nitrogens with zero attached hydrogens (tertiary/aromatic N) is 1. The molecule has 0 aromatic heterocycles. The third-order valence-corrected chi connectivity index (χ3v) is 2.02. The minimum absolute atomic E-state index is 0.105. The first-order valence-corrected chi connectivity index (χ1v) is 4.93. The molecular weight excluding hydrogens is 226 g/mol. The Morgan fingerprint density at radius 3 is 2.82 bits per heavy atom. The molecule has 1 amide bonds. The highest BCUT2D eigenvalue weighted by atomic mass is 16.6. The van der Waals surface area contributed by atoms with Crippen molar-refractivity contribution in [3.05, 3.63) is 33.9 Å². The van der Waals surface area contributed by atoms with E-state index in [1.807, 2.05) is 0 Å². The molecule has 0 spiro atoms. The fraction of sp³-hybridized carbons (Fsp3) is 0.300. The third-order valence-electron chi connectivity index (χ3n) is 2.02. The van der Waals surface area contributed by atoms with E-state index in [-0.39, 0.29) is 30.2 Å². The maximum atomic E-state index is 11.3. The molecule has 92 valence electrons. The molecule has 0 saturated carbocycles. The minimum Gasteiger partial charge on any atom is -0.485 e. The van der Waals surface area contributed by atoms with Crippen molar-refractivity contribution >= 4 is 11.6 Å². The molecule has 0 bridgehead atoms. The zero-order valence-corrected chi connectivity index (χ0v) is 9.30. The Morgan fingerprint density at radius 1 is 1.59 bits per heavy atom. The SMILES string of the molecule is CNC(=O)c1ccc(OCCN)c([N+](=O)[O-])c1. The van der Waals surface area contributed by atoms with Crippen molar-refractivity contribution in [1.82, 2.24) is 5.32 Å². The normalized spacial score (nSPS) is 9.76. The van der Waals surface area contributed by atoms with Gasteiger partial charge in [-0.1, -0.05) is 0 Å². The molecule has 0 aliphatic rings. The summed E-state index contributed by atoms with van der Waals surface area (Å²) in [5, 5.41) is 13.2. The molecule has 1 aromatic rings. The Morgan fingerprint density at radius 2 is 2.29 bits per heavy atom. The van der Waals surface area contributed by atoms with Gasteiger partial charge in [0, 0.05) is 25.2 Å². The van der Waals surface area contributed by atoms with Gasteiger partial charge in [-0.15, -0.1) is 0 Å². The molecule has 0 unspecified atom stereocenters. The molecule has 7 heteroatoms. The van der Waals surface area contributed by atoms with Gasteiger partial charge in [0.25, 0.3) is 5.91 Å². The van der Waals surface area contributed by atoms with Crippen molar-refractivity contribution in [1.29, 1.82) is 0 Å². The summed E-state index contributed by atoms with van der Waals surface area (Å²) >= 11 is 0. The summed E-state index contributed by atoms with van der Waals surface area (Å²) in [5.41, 5.74) is 5.20. The van der Waals surface area contributed by atoms with E-state index in [1.165, 1.54) is 25.2 Å². The van der Waals surface area contributed by atoms with Crippen LogP contribution in [0, 0.1) is 10.1 Å². The van der Waals surface area contributed by atoms with Crippen LogP contribution in [0.15, 0.2) is 18.2 Å². The second-order valence-electron chi connectivity index (χ2n) is 3.16. The number of carbonyl (C=O) groups excluding carboxylic acids is 1. The number of nitrogens with one attached hydrogen (secondary N) is 1. The Kier molecular flexibility index (Phi) is 4.41. The second-order valence-corrected chi connectivity index (χ2v) is 3.16. The van der Waals surface area contributed by atoms with Crippen LogP contribution in [0.1, 0.15) is 10.4 Å². The van der Waals surface area contributed by atoms with Crippen LogP contribution in [0.2, 0.25) is 0 Å². The maximum Gasteiger partial charge on any atom is 0.311 e. The number of hydrogen-bond donors (Lipinski definition) is 2. The van der Waals surface area contributed by atoms with E-state index in [4.69, 9.17) is 10.5 Å². The van der Waals surface area contributed by atoms with Crippen LogP contribution in [0.5, 0.6) is 5.75 Å². The Labute approximate surface area is 97.7 Å². The van der Waals surface area contributed by atoms with Crippen LogP contribution >= 0.6 is 0 Å². The predicted octanol–water partition coefficient (Wildman–Crippen LogP) is 0.292. The molecule has 0 heterocycles. The number of nitro groups is 1. The number of carbonyl (C=O) groups is 1. The topological polar surface area (TPSA) is 107 Å². The molecule has 0 fully saturated rings. The molecule has 1 rings (SSSR count). The Bertz CT molecular complexity index is 434. The molecule has 0 saturated heterocycles. The van der Waals surface area contributed by atoms with Crippen molar-refractivity contribution in [2.45, 2.75) is 0 Å². The average molecular weight is 239 g/mol.